The first-order valence-corrected chi connectivity index (χ1v) is 5.04. The van der Waals surface area contributed by atoms with Gasteiger partial charge in [-0.15, -0.1) is 34.0 Å². The molecular formula is C10H19Br2N3. The Balaban J connectivity index is 0.000000980. The van der Waals surface area contributed by atoms with E-state index >= 15 is 0 Å². The normalized spacial score (nSPS) is 21.5. The Hall–Kier alpha value is 0.130. The van der Waals surface area contributed by atoms with Crippen LogP contribution in [0.3, 0.4) is 0 Å². The molecule has 0 spiro atoms. The number of aromatic amines is 1. The number of H-pyrrole nitrogens is 1. The van der Waals surface area contributed by atoms with E-state index in [4.69, 9.17) is 0 Å². The van der Waals surface area contributed by atoms with Crippen LogP contribution >= 0.6 is 34.0 Å². The Bertz CT molecular complexity index is 251. The second kappa shape index (κ2) is 7.41. The second-order valence-electron chi connectivity index (χ2n) is 3.91. The molecule has 1 atom stereocenters. The molecule has 0 radical (unpaired) electrons. The van der Waals surface area contributed by atoms with Crippen LogP contribution in [0.4, 0.5) is 0 Å². The van der Waals surface area contributed by atoms with Crippen molar-refractivity contribution in [2.24, 2.45) is 0 Å². The van der Waals surface area contributed by atoms with E-state index in [0.717, 1.165) is 6.42 Å². The van der Waals surface area contributed by atoms with Crippen molar-refractivity contribution in [1.82, 2.24) is 14.9 Å². The number of likely N-dealkylation sites (tertiary alicyclic amines) is 1. The number of halogens is 2. The van der Waals surface area contributed by atoms with Gasteiger partial charge in [0.05, 0.1) is 6.33 Å². The lowest BCUT2D eigenvalue weighted by Crippen LogP contribution is -2.37. The van der Waals surface area contributed by atoms with Crippen LogP contribution in [0.15, 0.2) is 12.5 Å². The molecule has 0 saturated carbocycles. The molecular weight excluding hydrogens is 322 g/mol. The monoisotopic (exact) mass is 339 g/mol. The quantitative estimate of drug-likeness (QED) is 0.897. The molecule has 1 aromatic rings. The number of nitrogens with zero attached hydrogens (tertiary/aromatic N) is 2. The summed E-state index contributed by atoms with van der Waals surface area (Å²) in [4.78, 5) is 9.67. The van der Waals surface area contributed by atoms with E-state index in [0.29, 0.717) is 6.04 Å². The smallest absolute Gasteiger partial charge is 0.0921 e. The highest BCUT2D eigenvalue weighted by Crippen LogP contribution is 2.17. The van der Waals surface area contributed by atoms with E-state index in [1.165, 1.54) is 31.5 Å². The van der Waals surface area contributed by atoms with Crippen molar-refractivity contribution in [2.45, 2.75) is 31.7 Å². The molecule has 15 heavy (non-hydrogen) atoms. The zero-order valence-corrected chi connectivity index (χ0v) is 12.4. The van der Waals surface area contributed by atoms with Gasteiger partial charge in [-0.1, -0.05) is 6.42 Å². The fourth-order valence-corrected chi connectivity index (χ4v) is 2.05. The van der Waals surface area contributed by atoms with Gasteiger partial charge in [0.1, 0.15) is 0 Å². The molecule has 88 valence electrons. The topological polar surface area (TPSA) is 31.9 Å². The maximum absolute atomic E-state index is 4.04. The molecule has 1 aliphatic rings. The van der Waals surface area contributed by atoms with Crippen molar-refractivity contribution in [3.63, 3.8) is 0 Å². The molecule has 1 saturated heterocycles. The molecule has 2 heterocycles. The van der Waals surface area contributed by atoms with Gasteiger partial charge in [-0.2, -0.15) is 0 Å². The molecule has 5 heteroatoms. The van der Waals surface area contributed by atoms with Gasteiger partial charge >= 0.3 is 0 Å². The van der Waals surface area contributed by atoms with Gasteiger partial charge in [0, 0.05) is 24.4 Å². The summed E-state index contributed by atoms with van der Waals surface area (Å²) in [5.41, 5.74) is 1.26. The largest absolute Gasteiger partial charge is 0.348 e. The van der Waals surface area contributed by atoms with E-state index in [-0.39, 0.29) is 34.0 Å². The molecule has 2 rings (SSSR count). The SMILES string of the molecule is Br.Br.CN1CCCCC1Cc1cnc[nH]1. The molecule has 0 aromatic carbocycles. The summed E-state index contributed by atoms with van der Waals surface area (Å²) in [6.45, 7) is 1.25. The van der Waals surface area contributed by atoms with E-state index in [9.17, 15) is 0 Å². The molecule has 0 aliphatic carbocycles. The van der Waals surface area contributed by atoms with Crippen molar-refractivity contribution in [2.75, 3.05) is 13.6 Å². The third-order valence-electron chi connectivity index (χ3n) is 2.93. The molecule has 1 unspecified atom stereocenters. The Morgan fingerprint density at radius 2 is 2.27 bits per heavy atom. The van der Waals surface area contributed by atoms with Gasteiger partial charge in [-0.3, -0.25) is 0 Å². The Kier molecular flexibility index (Phi) is 7.48. The number of piperidine rings is 1. The summed E-state index contributed by atoms with van der Waals surface area (Å²) in [5, 5.41) is 0. The summed E-state index contributed by atoms with van der Waals surface area (Å²) < 4.78 is 0. The van der Waals surface area contributed by atoms with Crippen LogP contribution < -0.4 is 0 Å². The highest BCUT2D eigenvalue weighted by atomic mass is 79.9. The van der Waals surface area contributed by atoms with E-state index in [1.807, 2.05) is 6.20 Å². The number of hydrogen-bond donors (Lipinski definition) is 1. The predicted octanol–water partition coefficient (Wildman–Crippen LogP) is 2.59. The van der Waals surface area contributed by atoms with Gasteiger partial charge < -0.3 is 9.88 Å². The maximum atomic E-state index is 4.04. The average Bonchev–Trinajstić information content (AvgIpc) is 2.61. The molecule has 1 N–H and O–H groups in total. The third-order valence-corrected chi connectivity index (χ3v) is 2.93. The maximum Gasteiger partial charge on any atom is 0.0921 e. The fourth-order valence-electron chi connectivity index (χ4n) is 2.05. The lowest BCUT2D eigenvalue weighted by atomic mass is 9.99. The zero-order valence-electron chi connectivity index (χ0n) is 8.98. The van der Waals surface area contributed by atoms with E-state index in [1.54, 1.807) is 6.33 Å². The van der Waals surface area contributed by atoms with Gasteiger partial charge in [0.2, 0.25) is 0 Å². The summed E-state index contributed by atoms with van der Waals surface area (Å²) in [6.07, 6.45) is 8.88. The Morgan fingerprint density at radius 3 is 2.87 bits per heavy atom. The predicted molar refractivity (Wildman–Crippen MR) is 73.2 cm³/mol. The van der Waals surface area contributed by atoms with Gasteiger partial charge in [0.25, 0.3) is 0 Å². The van der Waals surface area contributed by atoms with Crippen LogP contribution in [-0.2, 0) is 6.42 Å². The van der Waals surface area contributed by atoms with E-state index in [2.05, 4.69) is 21.9 Å². The first-order valence-electron chi connectivity index (χ1n) is 5.04. The fraction of sp³-hybridized carbons (Fsp3) is 0.700. The molecule has 1 aromatic heterocycles. The van der Waals surface area contributed by atoms with Crippen molar-refractivity contribution >= 4 is 34.0 Å². The van der Waals surface area contributed by atoms with Crippen LogP contribution in [0.1, 0.15) is 25.0 Å². The second-order valence-corrected chi connectivity index (χ2v) is 3.91. The van der Waals surface area contributed by atoms with Crippen LogP contribution in [0.25, 0.3) is 0 Å². The highest BCUT2D eigenvalue weighted by molar-refractivity contribution is 8.93. The zero-order chi connectivity index (χ0) is 9.10. The minimum Gasteiger partial charge on any atom is -0.348 e. The van der Waals surface area contributed by atoms with Crippen LogP contribution in [0.2, 0.25) is 0 Å². The number of hydrogen-bond acceptors (Lipinski definition) is 2. The highest BCUT2D eigenvalue weighted by Gasteiger charge is 2.19. The lowest BCUT2D eigenvalue weighted by molar-refractivity contribution is 0.184. The van der Waals surface area contributed by atoms with Crippen LogP contribution in [0, 0.1) is 0 Å². The molecule has 3 nitrogen and oxygen atoms in total. The average molecular weight is 341 g/mol. The summed E-state index contributed by atoms with van der Waals surface area (Å²) in [6, 6.07) is 0.717. The summed E-state index contributed by atoms with van der Waals surface area (Å²) in [5.74, 6) is 0. The first-order chi connectivity index (χ1) is 6.36. The number of imidazole rings is 1. The minimum atomic E-state index is 0. The molecule has 1 fully saturated rings. The van der Waals surface area contributed by atoms with Gasteiger partial charge in [-0.05, 0) is 26.4 Å². The molecule has 0 bridgehead atoms. The molecule has 0 amide bonds. The Labute approximate surface area is 112 Å². The van der Waals surface area contributed by atoms with E-state index < -0.39 is 0 Å². The van der Waals surface area contributed by atoms with Crippen molar-refractivity contribution in [3.8, 4) is 0 Å². The summed E-state index contributed by atoms with van der Waals surface area (Å²) >= 11 is 0. The van der Waals surface area contributed by atoms with Crippen molar-refractivity contribution < 1.29 is 0 Å². The van der Waals surface area contributed by atoms with Crippen LogP contribution in [0.5, 0.6) is 0 Å². The van der Waals surface area contributed by atoms with Crippen molar-refractivity contribution in [1.29, 1.82) is 0 Å². The number of aromatic nitrogens is 2. The number of likely N-dealkylation sites (N-methyl/N-ethyl adjacent to an activating group) is 1. The van der Waals surface area contributed by atoms with Crippen molar-refractivity contribution in [3.05, 3.63) is 18.2 Å². The molecule has 1 aliphatic heterocycles. The summed E-state index contributed by atoms with van der Waals surface area (Å²) in [7, 11) is 2.22. The van der Waals surface area contributed by atoms with Crippen LogP contribution in [-0.4, -0.2) is 34.5 Å². The lowest BCUT2D eigenvalue weighted by Gasteiger charge is -2.32. The first kappa shape index (κ1) is 15.1. The standard InChI is InChI=1S/C10H17N3.2BrH/c1-13-5-3-2-4-10(13)6-9-7-11-8-12-9;;/h7-8,10H,2-6H2,1H3,(H,11,12);2*1H. The number of nitrogens with one attached hydrogen (secondary N) is 1. The van der Waals surface area contributed by atoms with Gasteiger partial charge in [0.15, 0.2) is 0 Å². The Morgan fingerprint density at radius 1 is 1.47 bits per heavy atom. The number of rotatable bonds is 2. The third kappa shape index (κ3) is 4.25. The van der Waals surface area contributed by atoms with Gasteiger partial charge in [-0.25, -0.2) is 4.98 Å². The minimum absolute atomic E-state index is 0.